The molecule has 0 radical (unpaired) electrons. The highest BCUT2D eigenvalue weighted by Gasteiger charge is 2.59. The van der Waals surface area contributed by atoms with E-state index in [1.165, 1.54) is 10.4 Å². The fourth-order valence-corrected chi connectivity index (χ4v) is 18.0. The molecule has 0 aliphatic carbocycles. The Morgan fingerprint density at radius 2 is 1.01 bits per heavy atom. The second-order valence-electron chi connectivity index (χ2n) is 24.3. The van der Waals surface area contributed by atoms with Gasteiger partial charge >= 0.3 is 0 Å². The molecule has 0 aromatic heterocycles. The summed E-state index contributed by atoms with van der Waals surface area (Å²) in [4.78, 5) is 0. The molecule has 12 heteroatoms. The number of rotatable bonds is 18. The third-order valence-electron chi connectivity index (χ3n) is 17.8. The average Bonchev–Trinajstić information content (AvgIpc) is 3.81. The van der Waals surface area contributed by atoms with Gasteiger partial charge in [-0.15, -0.1) is 0 Å². The van der Waals surface area contributed by atoms with Gasteiger partial charge in [-0.05, 0) is 65.0 Å². The minimum atomic E-state index is -2.83. The highest BCUT2D eigenvalue weighted by molar-refractivity contribution is 6.99. The van der Waals surface area contributed by atoms with Crippen LogP contribution in [0.4, 0.5) is 0 Å². The molecule has 0 N–H and O–H groups in total. The third kappa shape index (κ3) is 11.8. The van der Waals surface area contributed by atoms with E-state index >= 15 is 0 Å². The van der Waals surface area contributed by atoms with Crippen molar-refractivity contribution in [3.8, 4) is 5.75 Å². The molecule has 6 aliphatic heterocycles. The maximum atomic E-state index is 7.52. The second kappa shape index (κ2) is 23.5. The smallest absolute Gasteiger partial charge is 0.261 e. The van der Waals surface area contributed by atoms with Crippen LogP contribution in [-0.2, 0) is 66.9 Å². The van der Waals surface area contributed by atoms with Crippen molar-refractivity contribution in [1.29, 1.82) is 0 Å². The number of hydrogen-bond donors (Lipinski definition) is 0. The number of ether oxygens (including phenoxy) is 10. The molecule has 5 aromatic rings. The van der Waals surface area contributed by atoms with Crippen LogP contribution in [-0.4, -0.2) is 113 Å². The molecule has 0 amide bonds. The molecule has 5 fully saturated rings. The van der Waals surface area contributed by atoms with E-state index in [1.54, 1.807) is 7.11 Å². The third-order valence-corrected chi connectivity index (χ3v) is 22.9. The first-order chi connectivity index (χ1) is 37.7. The lowest BCUT2D eigenvalue weighted by Gasteiger charge is -2.55. The Balaban J connectivity index is 0.790. The largest absolute Gasteiger partial charge is 0.497 e. The SMILES string of the molecule is COc1ccc(CO[C@@H]2C[C@@H]3O[C@@H]4C[C@@H]5O[C@@H]6C[C@@H]7O[C@](C)(CCOCc8ccccc8)[C@@H](OCc8ccccc8)C[C@H]7O[C@H]6C[C@H]5O[C@H]4C=C[C@@]3(C)O[C@@]2(C)CCO[Si](c2ccccc2)(c2ccccc2)C(C)(C)C)cc1. The molecular weight excluding hydrogens is 997 g/mol. The summed E-state index contributed by atoms with van der Waals surface area (Å²) in [6.45, 7) is 16.0. The minimum Gasteiger partial charge on any atom is -0.497 e. The Morgan fingerprint density at radius 3 is 1.60 bits per heavy atom. The van der Waals surface area contributed by atoms with Crippen molar-refractivity contribution in [2.75, 3.05) is 20.3 Å². The Hall–Kier alpha value is -4.54. The number of fused-ring (bicyclic) bond motifs is 5. The molecule has 5 saturated heterocycles. The van der Waals surface area contributed by atoms with Crippen molar-refractivity contribution < 1.29 is 51.8 Å². The Kier molecular flexibility index (Phi) is 16.7. The number of benzene rings is 5. The van der Waals surface area contributed by atoms with Gasteiger partial charge in [0.2, 0.25) is 0 Å². The van der Waals surface area contributed by atoms with Crippen LogP contribution >= 0.6 is 0 Å². The highest BCUT2D eigenvalue weighted by atomic mass is 28.4. The van der Waals surface area contributed by atoms with Crippen LogP contribution in [0.1, 0.15) is 103 Å². The molecular formula is C66H82O11Si. The summed E-state index contributed by atoms with van der Waals surface area (Å²) < 4.78 is 76.2. The molecule has 5 aromatic carbocycles. The van der Waals surface area contributed by atoms with Crippen LogP contribution in [0.15, 0.2) is 158 Å². The van der Waals surface area contributed by atoms with Crippen molar-refractivity contribution in [3.05, 3.63) is 174 Å². The first-order valence-corrected chi connectivity index (χ1v) is 30.6. The van der Waals surface area contributed by atoms with Crippen molar-refractivity contribution in [3.63, 3.8) is 0 Å². The quantitative estimate of drug-likeness (QED) is 0.0476. The van der Waals surface area contributed by atoms with Crippen molar-refractivity contribution in [2.24, 2.45) is 0 Å². The van der Waals surface area contributed by atoms with Gasteiger partial charge in [-0.2, -0.15) is 0 Å². The van der Waals surface area contributed by atoms with Crippen LogP contribution in [0, 0.1) is 0 Å². The van der Waals surface area contributed by atoms with Crippen molar-refractivity contribution in [2.45, 2.75) is 195 Å². The summed E-state index contributed by atoms with van der Waals surface area (Å²) in [7, 11) is -1.14. The van der Waals surface area contributed by atoms with Crippen molar-refractivity contribution in [1.82, 2.24) is 0 Å². The van der Waals surface area contributed by atoms with E-state index in [1.807, 2.05) is 36.4 Å². The van der Waals surface area contributed by atoms with Crippen LogP contribution in [0.3, 0.4) is 0 Å². The van der Waals surface area contributed by atoms with E-state index < -0.39 is 25.1 Å². The van der Waals surface area contributed by atoms with Gasteiger partial charge in [-0.25, -0.2) is 0 Å². The molecule has 6 heterocycles. The van der Waals surface area contributed by atoms with Gasteiger partial charge in [0.05, 0.1) is 99.2 Å². The van der Waals surface area contributed by atoms with Crippen molar-refractivity contribution >= 4 is 18.7 Å². The molecule has 11 nitrogen and oxygen atoms in total. The van der Waals surface area contributed by atoms with Gasteiger partial charge in [-0.3, -0.25) is 0 Å². The molecule has 0 unspecified atom stereocenters. The normalized spacial score (nSPS) is 33.6. The van der Waals surface area contributed by atoms with Gasteiger partial charge in [0.15, 0.2) is 0 Å². The Morgan fingerprint density at radius 1 is 0.513 bits per heavy atom. The second-order valence-corrected chi connectivity index (χ2v) is 28.6. The summed E-state index contributed by atoms with van der Waals surface area (Å²) >= 11 is 0. The maximum absolute atomic E-state index is 7.52. The standard InChI is InChI=1S/C66H82O11Si/c1-63(2,3)78(50-24-16-10-17-25-50,51-26-18-11-19-27-51)71-37-35-66(6)61(70-45-48-28-30-49(67-7)31-29-48)42-62-65(5,77-66)33-32-52-53(75-62)38-55-54(72-52)39-56-57(73-55)40-59-58(74-56)41-60(69-44-47-22-14-9-15-23-47)64(4,76-59)34-36-68-43-46-20-12-8-13-21-46/h8-33,52-62H,34-45H2,1-7H3/t52-,53+,54+,55-,56-,57+,58+,59-,60-,61+,62-,64+,65+,66-/m0/s1. The maximum Gasteiger partial charge on any atom is 0.261 e. The Labute approximate surface area is 464 Å². The molecule has 0 bridgehead atoms. The first-order valence-electron chi connectivity index (χ1n) is 28.7. The fourth-order valence-electron chi connectivity index (χ4n) is 13.5. The fraction of sp³-hybridized carbons (Fsp3) is 0.515. The van der Waals surface area contributed by atoms with Crippen LogP contribution in [0.2, 0.25) is 5.04 Å². The summed E-state index contributed by atoms with van der Waals surface area (Å²) in [5, 5.41) is 2.33. The van der Waals surface area contributed by atoms with Crippen LogP contribution < -0.4 is 15.1 Å². The molecule has 0 saturated carbocycles. The summed E-state index contributed by atoms with van der Waals surface area (Å²) in [6.07, 6.45) is 6.99. The number of methoxy groups -OCH3 is 1. The van der Waals surface area contributed by atoms with E-state index in [0.29, 0.717) is 58.7 Å². The lowest BCUT2D eigenvalue weighted by molar-refractivity contribution is -0.323. The lowest BCUT2D eigenvalue weighted by atomic mass is 9.80. The van der Waals surface area contributed by atoms with Gasteiger partial charge in [0.25, 0.3) is 8.32 Å². The predicted octanol–water partition coefficient (Wildman–Crippen LogP) is 11.0. The van der Waals surface area contributed by atoms with E-state index in [2.05, 4.69) is 163 Å². The molecule has 0 spiro atoms. The molecule has 11 rings (SSSR count). The summed E-state index contributed by atoms with van der Waals surface area (Å²) in [5.41, 5.74) is 1.24. The van der Waals surface area contributed by atoms with Crippen LogP contribution in [0.25, 0.3) is 0 Å². The van der Waals surface area contributed by atoms with E-state index in [0.717, 1.165) is 41.7 Å². The van der Waals surface area contributed by atoms with Gasteiger partial charge in [0, 0.05) is 58.2 Å². The summed E-state index contributed by atoms with van der Waals surface area (Å²) in [5.74, 6) is 0.809. The lowest BCUT2D eigenvalue weighted by Crippen LogP contribution is -2.67. The molecule has 14 atom stereocenters. The van der Waals surface area contributed by atoms with E-state index in [9.17, 15) is 0 Å². The van der Waals surface area contributed by atoms with Gasteiger partial charge in [0.1, 0.15) is 17.5 Å². The van der Waals surface area contributed by atoms with Crippen LogP contribution in [0.5, 0.6) is 5.75 Å². The zero-order valence-electron chi connectivity index (χ0n) is 46.8. The van der Waals surface area contributed by atoms with E-state index in [-0.39, 0.29) is 72.2 Å². The monoisotopic (exact) mass is 1080 g/mol. The van der Waals surface area contributed by atoms with E-state index in [4.69, 9.17) is 51.8 Å². The number of hydrogen-bond acceptors (Lipinski definition) is 11. The Bertz CT molecular complexity index is 2690. The highest BCUT2D eigenvalue weighted by Crippen LogP contribution is 2.49. The summed E-state index contributed by atoms with van der Waals surface area (Å²) in [6, 6.07) is 50.4. The molecule has 6 aliphatic rings. The van der Waals surface area contributed by atoms with Gasteiger partial charge in [-0.1, -0.05) is 166 Å². The molecule has 78 heavy (non-hydrogen) atoms. The zero-order chi connectivity index (χ0) is 54.0. The minimum absolute atomic E-state index is 0.129. The average molecular weight is 1080 g/mol. The topological polar surface area (TPSA) is 102 Å². The first kappa shape index (κ1) is 55.4. The van der Waals surface area contributed by atoms with Gasteiger partial charge < -0.3 is 51.8 Å². The predicted molar refractivity (Wildman–Crippen MR) is 304 cm³/mol. The zero-order valence-corrected chi connectivity index (χ0v) is 47.8. The molecule has 416 valence electrons.